The molecule has 1 aromatic carbocycles. The van der Waals surface area contributed by atoms with E-state index in [4.69, 9.17) is 0 Å². The van der Waals surface area contributed by atoms with Gasteiger partial charge in [0.05, 0.1) is 16.7 Å². The summed E-state index contributed by atoms with van der Waals surface area (Å²) < 4.78 is 4.56. The Balaban J connectivity index is 2.28. The lowest BCUT2D eigenvalue weighted by molar-refractivity contribution is -0.452. The van der Waals surface area contributed by atoms with Crippen molar-refractivity contribution in [3.8, 4) is 0 Å². The number of hydrogen-bond donors (Lipinski definition) is 0. The molecule has 0 radical (unpaired) electrons. The number of ether oxygens (including phenoxy) is 1. The van der Waals surface area contributed by atoms with E-state index in [9.17, 15) is 9.59 Å². The number of rotatable bonds is 4. The minimum Gasteiger partial charge on any atom is -0.430 e. The highest BCUT2D eigenvalue weighted by Gasteiger charge is 2.12. The Morgan fingerprint density at radius 3 is 2.29 bits per heavy atom. The standard InChI is InChI=1S/C11H12O6/c1-8(2)14-11(13)16-17-15-10(12)9-6-4-3-5-7-9/h3-8H,1-2H3. The van der Waals surface area contributed by atoms with Gasteiger partial charge in [0.25, 0.3) is 0 Å². The van der Waals surface area contributed by atoms with E-state index in [2.05, 4.69) is 19.6 Å². The van der Waals surface area contributed by atoms with Crippen molar-refractivity contribution in [2.45, 2.75) is 20.0 Å². The molecule has 17 heavy (non-hydrogen) atoms. The smallest absolute Gasteiger partial charge is 0.430 e. The first-order valence-corrected chi connectivity index (χ1v) is 4.91. The minimum absolute atomic E-state index is 0.272. The molecule has 0 saturated heterocycles. The zero-order valence-electron chi connectivity index (χ0n) is 9.41. The predicted octanol–water partition coefficient (Wildman–Crippen LogP) is 2.25. The molecular formula is C11H12O6. The second kappa shape index (κ2) is 6.49. The van der Waals surface area contributed by atoms with Gasteiger partial charge in [0.1, 0.15) is 0 Å². The highest BCUT2D eigenvalue weighted by molar-refractivity contribution is 5.88. The zero-order chi connectivity index (χ0) is 12.7. The van der Waals surface area contributed by atoms with E-state index in [1.54, 1.807) is 32.0 Å². The van der Waals surface area contributed by atoms with Gasteiger partial charge < -0.3 is 4.74 Å². The first-order chi connectivity index (χ1) is 8.09. The van der Waals surface area contributed by atoms with Gasteiger partial charge in [-0.15, -0.1) is 0 Å². The Labute approximate surface area is 97.9 Å². The van der Waals surface area contributed by atoms with Crippen molar-refractivity contribution in [3.05, 3.63) is 35.9 Å². The van der Waals surface area contributed by atoms with Gasteiger partial charge in [-0.05, 0) is 26.0 Å². The van der Waals surface area contributed by atoms with Gasteiger partial charge in [-0.2, -0.15) is 0 Å². The van der Waals surface area contributed by atoms with E-state index in [-0.39, 0.29) is 11.7 Å². The molecule has 0 aliphatic rings. The molecule has 0 spiro atoms. The molecule has 0 fully saturated rings. The molecular weight excluding hydrogens is 228 g/mol. The molecule has 0 heterocycles. The lowest BCUT2D eigenvalue weighted by atomic mass is 10.2. The molecule has 0 saturated carbocycles. The summed E-state index contributed by atoms with van der Waals surface area (Å²) in [5, 5.41) is 3.99. The molecule has 0 aromatic heterocycles. The van der Waals surface area contributed by atoms with Crippen LogP contribution in [0.3, 0.4) is 0 Å². The van der Waals surface area contributed by atoms with Crippen molar-refractivity contribution in [3.63, 3.8) is 0 Å². The molecule has 0 aliphatic heterocycles. The number of carbonyl (C=O) groups excluding carboxylic acids is 2. The molecule has 0 atom stereocenters. The summed E-state index contributed by atoms with van der Waals surface area (Å²) in [6, 6.07) is 8.11. The van der Waals surface area contributed by atoms with Crippen LogP contribution >= 0.6 is 0 Å². The summed E-state index contributed by atoms with van der Waals surface area (Å²) in [5.41, 5.74) is 0.272. The van der Waals surface area contributed by atoms with Crippen LogP contribution in [0.1, 0.15) is 24.2 Å². The maximum atomic E-state index is 11.3. The Morgan fingerprint density at radius 2 is 1.71 bits per heavy atom. The van der Waals surface area contributed by atoms with Crippen molar-refractivity contribution in [1.82, 2.24) is 0 Å². The van der Waals surface area contributed by atoms with Crippen LogP contribution < -0.4 is 0 Å². The maximum absolute atomic E-state index is 11.3. The molecule has 0 N–H and O–H groups in total. The monoisotopic (exact) mass is 240 g/mol. The third-order valence-corrected chi connectivity index (χ3v) is 1.55. The SMILES string of the molecule is CC(C)OC(=O)OOOC(=O)c1ccccc1. The van der Waals surface area contributed by atoms with Crippen molar-refractivity contribution < 1.29 is 29.1 Å². The highest BCUT2D eigenvalue weighted by Crippen LogP contribution is 2.02. The minimum atomic E-state index is -1.08. The third-order valence-electron chi connectivity index (χ3n) is 1.55. The van der Waals surface area contributed by atoms with Crippen LogP contribution in [0.15, 0.2) is 30.3 Å². The van der Waals surface area contributed by atoms with Crippen molar-refractivity contribution in [2.24, 2.45) is 0 Å². The predicted molar refractivity (Wildman–Crippen MR) is 55.6 cm³/mol. The maximum Gasteiger partial charge on any atom is 0.543 e. The van der Waals surface area contributed by atoms with E-state index < -0.39 is 12.1 Å². The van der Waals surface area contributed by atoms with Gasteiger partial charge >= 0.3 is 12.1 Å². The van der Waals surface area contributed by atoms with E-state index in [0.717, 1.165) is 0 Å². The zero-order valence-corrected chi connectivity index (χ0v) is 9.41. The molecule has 1 aromatic rings. The largest absolute Gasteiger partial charge is 0.543 e. The Kier molecular flexibility index (Phi) is 4.96. The van der Waals surface area contributed by atoms with Crippen LogP contribution in [0.4, 0.5) is 4.79 Å². The quantitative estimate of drug-likeness (QED) is 0.456. The molecule has 6 heteroatoms. The topological polar surface area (TPSA) is 71.1 Å². The highest BCUT2D eigenvalue weighted by atomic mass is 17.5. The number of benzene rings is 1. The Morgan fingerprint density at radius 1 is 1.06 bits per heavy atom. The van der Waals surface area contributed by atoms with Crippen molar-refractivity contribution in [1.29, 1.82) is 0 Å². The average molecular weight is 240 g/mol. The van der Waals surface area contributed by atoms with Crippen molar-refractivity contribution >= 4 is 12.1 Å². The second-order valence-corrected chi connectivity index (χ2v) is 3.30. The summed E-state index contributed by atoms with van der Waals surface area (Å²) in [6.07, 6.45) is -1.43. The van der Waals surface area contributed by atoms with Crippen molar-refractivity contribution in [2.75, 3.05) is 0 Å². The summed E-state index contributed by atoms with van der Waals surface area (Å²) in [6.45, 7) is 3.27. The van der Waals surface area contributed by atoms with Crippen LogP contribution in [0.25, 0.3) is 0 Å². The van der Waals surface area contributed by atoms with Gasteiger partial charge in [-0.1, -0.05) is 18.2 Å². The van der Waals surface area contributed by atoms with Crippen LogP contribution in [0.5, 0.6) is 0 Å². The van der Waals surface area contributed by atoms with Crippen LogP contribution in [-0.2, 0) is 19.6 Å². The molecule has 0 unspecified atom stereocenters. The molecule has 1 rings (SSSR count). The average Bonchev–Trinajstić information content (AvgIpc) is 2.29. The molecule has 0 amide bonds. The van der Waals surface area contributed by atoms with Gasteiger partial charge in [0.15, 0.2) is 0 Å². The fraction of sp³-hybridized carbons (Fsp3) is 0.273. The lowest BCUT2D eigenvalue weighted by Crippen LogP contribution is -2.15. The van der Waals surface area contributed by atoms with E-state index in [1.807, 2.05) is 0 Å². The summed E-state index contributed by atoms with van der Waals surface area (Å²) in [4.78, 5) is 30.3. The number of carbonyl (C=O) groups is 2. The van der Waals surface area contributed by atoms with Gasteiger partial charge in [-0.3, -0.25) is 4.89 Å². The van der Waals surface area contributed by atoms with Gasteiger partial charge in [0.2, 0.25) is 0 Å². The first-order valence-electron chi connectivity index (χ1n) is 4.91. The lowest BCUT2D eigenvalue weighted by Gasteiger charge is -2.05. The molecule has 6 nitrogen and oxygen atoms in total. The molecule has 0 bridgehead atoms. The van der Waals surface area contributed by atoms with E-state index in [0.29, 0.717) is 0 Å². The first kappa shape index (κ1) is 13.0. The second-order valence-electron chi connectivity index (χ2n) is 3.30. The van der Waals surface area contributed by atoms with E-state index in [1.165, 1.54) is 12.1 Å². The summed E-state index contributed by atoms with van der Waals surface area (Å²) in [7, 11) is 0. The summed E-state index contributed by atoms with van der Waals surface area (Å²) in [5.74, 6) is -0.775. The Bertz CT molecular complexity index is 373. The fourth-order valence-electron chi connectivity index (χ4n) is 0.910. The van der Waals surface area contributed by atoms with Crippen LogP contribution in [0, 0.1) is 0 Å². The molecule has 92 valence electrons. The van der Waals surface area contributed by atoms with Crippen LogP contribution in [-0.4, -0.2) is 18.2 Å². The Hall–Kier alpha value is -2.08. The normalized spacial score (nSPS) is 9.82. The van der Waals surface area contributed by atoms with Gasteiger partial charge in [0, 0.05) is 0 Å². The third kappa shape index (κ3) is 4.98. The molecule has 0 aliphatic carbocycles. The van der Waals surface area contributed by atoms with Gasteiger partial charge in [-0.25, -0.2) is 14.5 Å². The fourth-order valence-corrected chi connectivity index (χ4v) is 0.910. The summed E-state index contributed by atoms with van der Waals surface area (Å²) >= 11 is 0. The van der Waals surface area contributed by atoms with E-state index >= 15 is 0 Å². The van der Waals surface area contributed by atoms with Crippen LogP contribution in [0.2, 0.25) is 0 Å². The number of hydrogen-bond acceptors (Lipinski definition) is 6.